The van der Waals surface area contributed by atoms with Crippen molar-refractivity contribution in [3.63, 3.8) is 0 Å². The summed E-state index contributed by atoms with van der Waals surface area (Å²) >= 11 is 0. The topological polar surface area (TPSA) is 70.5 Å². The van der Waals surface area contributed by atoms with Crippen molar-refractivity contribution in [2.45, 2.75) is 35.9 Å². The van der Waals surface area contributed by atoms with Crippen LogP contribution in [0.5, 0.6) is 0 Å². The summed E-state index contributed by atoms with van der Waals surface area (Å²) in [5, 5.41) is 0. The Morgan fingerprint density at radius 3 is 0.833 bits per heavy atom. The minimum atomic E-state index is -8.12. The van der Waals surface area contributed by atoms with E-state index in [0.717, 1.165) is 0 Å². The molecule has 0 atom stereocenters. The van der Waals surface area contributed by atoms with Gasteiger partial charge in [-0.1, -0.05) is 0 Å². The van der Waals surface area contributed by atoms with Crippen LogP contribution in [-0.4, -0.2) is 35.9 Å². The average Bonchev–Trinajstić information content (AvgIpc) is 2.40. The Labute approximate surface area is 122 Å². The fourth-order valence-corrected chi connectivity index (χ4v) is 3.78. The number of rotatable bonds is 0. The van der Waals surface area contributed by atoms with Crippen LogP contribution in [0.3, 0.4) is 0 Å². The summed E-state index contributed by atoms with van der Waals surface area (Å²) in [4.78, 5) is 0. The molecule has 1 aliphatic rings. The zero-order valence-electron chi connectivity index (χ0n) is 10.3. The van der Waals surface area contributed by atoms with E-state index in [1.807, 2.05) is 0 Å². The normalized spacial score (nSPS) is 28.2. The van der Waals surface area contributed by atoms with Crippen molar-refractivity contribution in [3.8, 4) is 0 Å². The van der Waals surface area contributed by atoms with E-state index in [2.05, 4.69) is 20.1 Å². The van der Waals surface area contributed by atoms with Gasteiger partial charge in [-0.05, 0) is 0 Å². The molecule has 1 aliphatic heterocycles. The summed E-state index contributed by atoms with van der Waals surface area (Å²) in [6, 6.07) is 0. The Morgan fingerprint density at radius 2 is 0.708 bits per heavy atom. The quantitative estimate of drug-likeness (QED) is 0.468. The number of hydrogen-bond donors (Lipinski definition) is 2. The van der Waals surface area contributed by atoms with Gasteiger partial charge in [-0.15, -0.1) is 0 Å². The standard InChI is InChI=1S/C6H4F13N2O2P/c7-3(8,9)1(4(10,11)12)2(5(13,14)15,6(16,17)18)23-24(19,20,21)22-1/h20-21H2. The van der Waals surface area contributed by atoms with Gasteiger partial charge in [0.05, 0.1) is 0 Å². The van der Waals surface area contributed by atoms with E-state index in [-0.39, 0.29) is 0 Å². The van der Waals surface area contributed by atoms with Gasteiger partial charge in [0.1, 0.15) is 0 Å². The van der Waals surface area contributed by atoms with Crippen LogP contribution in [0.1, 0.15) is 0 Å². The Bertz CT molecular complexity index is 450. The second-order valence-corrected chi connectivity index (χ2v) is 6.84. The third-order valence-corrected chi connectivity index (χ3v) is 3.98. The van der Waals surface area contributed by atoms with Crippen molar-refractivity contribution < 1.29 is 65.9 Å². The van der Waals surface area contributed by atoms with E-state index in [0.29, 0.717) is 0 Å². The first-order chi connectivity index (χ1) is 9.93. The van der Waals surface area contributed by atoms with Crippen LogP contribution < -0.4 is 11.0 Å². The second kappa shape index (κ2) is 4.55. The van der Waals surface area contributed by atoms with E-state index < -0.39 is 43.6 Å². The Kier molecular flexibility index (Phi) is 4.06. The molecule has 4 nitrogen and oxygen atoms in total. The predicted molar refractivity (Wildman–Crippen MR) is 48.3 cm³/mol. The molecule has 0 amide bonds. The van der Waals surface area contributed by atoms with Crippen LogP contribution in [0.4, 0.5) is 56.9 Å². The van der Waals surface area contributed by atoms with Gasteiger partial charge < -0.3 is 0 Å². The summed E-state index contributed by atoms with van der Waals surface area (Å²) in [5.41, 5.74) is -6.67. The molecule has 0 aromatic rings. The van der Waals surface area contributed by atoms with E-state index in [1.165, 1.54) is 0 Å². The van der Waals surface area contributed by atoms with Gasteiger partial charge in [-0.3, -0.25) is 0 Å². The molecule has 146 valence electrons. The third kappa shape index (κ3) is 2.60. The summed E-state index contributed by atoms with van der Waals surface area (Å²) in [6.45, 7) is 0. The van der Waals surface area contributed by atoms with Crippen molar-refractivity contribution in [1.82, 2.24) is 0 Å². The fourth-order valence-electron chi connectivity index (χ4n) is 2.01. The van der Waals surface area contributed by atoms with Gasteiger partial charge >= 0.3 is 121 Å². The number of halogens is 13. The van der Waals surface area contributed by atoms with Crippen LogP contribution >= 0.6 is 7.67 Å². The first-order valence-corrected chi connectivity index (χ1v) is 7.08. The van der Waals surface area contributed by atoms with Gasteiger partial charge in [-0.2, -0.15) is 0 Å². The van der Waals surface area contributed by atoms with Gasteiger partial charge in [-0.25, -0.2) is 0 Å². The number of alkyl halides is 12. The van der Waals surface area contributed by atoms with Crippen molar-refractivity contribution in [2.75, 3.05) is 0 Å². The molecule has 1 saturated heterocycles. The average molecular weight is 414 g/mol. The monoisotopic (exact) mass is 414 g/mol. The van der Waals surface area contributed by atoms with Crippen molar-refractivity contribution in [2.24, 2.45) is 11.0 Å². The molecule has 0 bridgehead atoms. The van der Waals surface area contributed by atoms with Crippen LogP contribution in [0, 0.1) is 0 Å². The zero-order chi connectivity index (χ0) is 19.9. The molecule has 0 radical (unpaired) electrons. The maximum atomic E-state index is 13.7. The Morgan fingerprint density at radius 1 is 0.542 bits per heavy atom. The molecule has 0 saturated carbocycles. The zero-order valence-corrected chi connectivity index (χ0v) is 11.2. The third-order valence-electron chi connectivity index (χ3n) is 2.72. The molecule has 18 heteroatoms. The van der Waals surface area contributed by atoms with Gasteiger partial charge in [0.2, 0.25) is 0 Å². The molecular weight excluding hydrogens is 410 g/mol. The molecule has 1 fully saturated rings. The molecule has 1 heterocycles. The Balaban J connectivity index is 4.16. The van der Waals surface area contributed by atoms with Gasteiger partial charge in [0, 0.05) is 0 Å². The molecule has 0 unspecified atom stereocenters. The maximum absolute atomic E-state index is 13.7. The Hall–Kier alpha value is -0.640. The fraction of sp³-hybridized carbons (Fsp3) is 1.00. The molecule has 0 aromatic heterocycles. The number of nitrogens with two attached hydrogens (primary N) is 2. The molecule has 1 rings (SSSR count). The van der Waals surface area contributed by atoms with E-state index in [9.17, 15) is 56.9 Å². The molecule has 4 N–H and O–H groups in total. The summed E-state index contributed by atoms with van der Waals surface area (Å²) in [5.74, 6) is 0. The van der Waals surface area contributed by atoms with E-state index in [4.69, 9.17) is 0 Å². The van der Waals surface area contributed by atoms with Crippen LogP contribution in [0.25, 0.3) is 0 Å². The summed E-state index contributed by atoms with van der Waals surface area (Å²) in [6.07, 6.45) is -30.2. The summed E-state index contributed by atoms with van der Waals surface area (Å²) in [7, 11) is -8.12. The van der Waals surface area contributed by atoms with E-state index >= 15 is 0 Å². The van der Waals surface area contributed by atoms with Gasteiger partial charge in [0.15, 0.2) is 0 Å². The molecule has 0 aromatic carbocycles. The summed E-state index contributed by atoms with van der Waals surface area (Å²) < 4.78 is 172. The minimum absolute atomic E-state index is 2.43. The molecular formula is C6H4F13N2O2P. The second-order valence-electron chi connectivity index (χ2n) is 4.51. The SMILES string of the molecule is NP1(N)(F)OC(C(F)(F)F)(C(F)(F)F)C(C(F)(F)F)(C(F)(F)F)O1. The molecule has 24 heavy (non-hydrogen) atoms. The van der Waals surface area contributed by atoms with Crippen LogP contribution in [0.2, 0.25) is 0 Å². The van der Waals surface area contributed by atoms with Crippen molar-refractivity contribution >= 4 is 7.67 Å². The van der Waals surface area contributed by atoms with Crippen LogP contribution in [-0.2, 0) is 9.05 Å². The first-order valence-electron chi connectivity index (χ1n) is 4.98. The molecule has 0 spiro atoms. The molecule has 0 aliphatic carbocycles. The van der Waals surface area contributed by atoms with Crippen LogP contribution in [0.15, 0.2) is 0 Å². The number of hydrogen-bond acceptors (Lipinski definition) is 4. The van der Waals surface area contributed by atoms with E-state index in [1.54, 1.807) is 0 Å². The van der Waals surface area contributed by atoms with Crippen molar-refractivity contribution in [1.29, 1.82) is 0 Å². The first kappa shape index (κ1) is 21.4. The predicted octanol–water partition coefficient (Wildman–Crippen LogP) is 3.78. The van der Waals surface area contributed by atoms with Gasteiger partial charge in [0.25, 0.3) is 0 Å². The van der Waals surface area contributed by atoms with Crippen molar-refractivity contribution in [3.05, 3.63) is 0 Å².